The van der Waals surface area contributed by atoms with Gasteiger partial charge in [0.2, 0.25) is 5.75 Å². The lowest BCUT2D eigenvalue weighted by atomic mass is 10.0. The molecule has 0 unspecified atom stereocenters. The summed E-state index contributed by atoms with van der Waals surface area (Å²) >= 11 is 0. The average molecular weight is 534 g/mol. The third-order valence-corrected chi connectivity index (χ3v) is 5.59. The molecule has 3 aromatic rings. The Labute approximate surface area is 227 Å². The molecule has 39 heavy (non-hydrogen) atoms. The van der Waals surface area contributed by atoms with Gasteiger partial charge in [-0.2, -0.15) is 0 Å². The van der Waals surface area contributed by atoms with Gasteiger partial charge in [-0.15, -0.1) is 0 Å². The molecule has 0 bridgehead atoms. The lowest BCUT2D eigenvalue weighted by Gasteiger charge is -2.10. The summed E-state index contributed by atoms with van der Waals surface area (Å²) < 4.78 is 21.5. The second-order valence-electron chi connectivity index (χ2n) is 8.70. The normalized spacial score (nSPS) is 10.4. The molecule has 0 N–H and O–H groups in total. The Balaban J connectivity index is 1.62. The van der Waals surface area contributed by atoms with Gasteiger partial charge in [-0.05, 0) is 66.9 Å². The van der Waals surface area contributed by atoms with Crippen molar-refractivity contribution in [3.05, 3.63) is 94.6 Å². The fourth-order valence-electron chi connectivity index (χ4n) is 3.47. The summed E-state index contributed by atoms with van der Waals surface area (Å²) in [6.45, 7) is 7.98. The zero-order valence-corrected chi connectivity index (χ0v) is 22.0. The van der Waals surface area contributed by atoms with Crippen LogP contribution in [0, 0.1) is 10.1 Å². The molecule has 9 nitrogen and oxygen atoms in total. The van der Waals surface area contributed by atoms with Gasteiger partial charge < -0.3 is 18.9 Å². The Hall–Kier alpha value is -4.66. The van der Waals surface area contributed by atoms with Gasteiger partial charge >= 0.3 is 17.6 Å². The summed E-state index contributed by atoms with van der Waals surface area (Å²) in [5, 5.41) is 11.7. The molecule has 0 aliphatic rings. The van der Waals surface area contributed by atoms with Crippen molar-refractivity contribution in [1.29, 1.82) is 0 Å². The van der Waals surface area contributed by atoms with Crippen molar-refractivity contribution in [2.75, 3.05) is 19.8 Å². The summed E-state index contributed by atoms with van der Waals surface area (Å²) in [5.74, 6) is -0.232. The lowest BCUT2D eigenvalue weighted by Crippen LogP contribution is -2.12. The van der Waals surface area contributed by atoms with E-state index in [0.717, 1.165) is 30.6 Å². The van der Waals surface area contributed by atoms with Crippen LogP contribution >= 0.6 is 0 Å². The molecular formula is C30H31NO8. The van der Waals surface area contributed by atoms with Crippen molar-refractivity contribution >= 4 is 17.6 Å². The van der Waals surface area contributed by atoms with Crippen LogP contribution in [-0.2, 0) is 9.53 Å². The van der Waals surface area contributed by atoms with Crippen LogP contribution < -0.4 is 14.2 Å². The number of carbonyl (C=O) groups excluding carboxylic acids is 2. The number of ether oxygens (including phenoxy) is 4. The molecular weight excluding hydrogens is 502 g/mol. The number of hydrogen-bond acceptors (Lipinski definition) is 8. The third kappa shape index (κ3) is 8.70. The Morgan fingerprint density at radius 3 is 2.08 bits per heavy atom. The van der Waals surface area contributed by atoms with E-state index >= 15 is 0 Å². The van der Waals surface area contributed by atoms with E-state index in [9.17, 15) is 19.7 Å². The molecule has 0 fully saturated rings. The molecule has 0 amide bonds. The fraction of sp³-hybridized carbons (Fsp3) is 0.267. The maximum absolute atomic E-state index is 12.7. The standard InChI is InChI=1S/C30H31NO8/c1-4-5-6-17-36-25-12-7-22(8-13-25)24-11-16-28(27(20-24)31(34)35)39-30(33)23-9-14-26(15-10-23)37-18-19-38-29(32)21(2)3/h7-16,20H,2,4-6,17-19H2,1,3H3. The maximum Gasteiger partial charge on any atom is 0.343 e. The number of rotatable bonds is 14. The van der Waals surface area contributed by atoms with E-state index in [0.29, 0.717) is 23.5 Å². The van der Waals surface area contributed by atoms with E-state index in [2.05, 4.69) is 13.5 Å². The molecule has 0 aliphatic carbocycles. The van der Waals surface area contributed by atoms with Crippen molar-refractivity contribution in [3.8, 4) is 28.4 Å². The number of unbranched alkanes of at least 4 members (excludes halogenated alkanes) is 2. The van der Waals surface area contributed by atoms with Crippen LogP contribution in [0.25, 0.3) is 11.1 Å². The van der Waals surface area contributed by atoms with Crippen LogP contribution in [0.15, 0.2) is 78.9 Å². The van der Waals surface area contributed by atoms with Crippen LogP contribution in [0.2, 0.25) is 0 Å². The van der Waals surface area contributed by atoms with Gasteiger partial charge in [0.1, 0.15) is 24.7 Å². The summed E-state index contributed by atoms with van der Waals surface area (Å²) in [6.07, 6.45) is 3.21. The minimum Gasteiger partial charge on any atom is -0.494 e. The first kappa shape index (κ1) is 28.9. The summed E-state index contributed by atoms with van der Waals surface area (Å²) in [7, 11) is 0. The van der Waals surface area contributed by atoms with Crippen molar-refractivity contribution in [2.45, 2.75) is 33.1 Å². The molecule has 3 aromatic carbocycles. The predicted octanol–water partition coefficient (Wildman–Crippen LogP) is 6.55. The summed E-state index contributed by atoms with van der Waals surface area (Å²) in [4.78, 5) is 35.2. The molecule has 0 radical (unpaired) electrons. The first-order chi connectivity index (χ1) is 18.8. The smallest absolute Gasteiger partial charge is 0.343 e. The monoisotopic (exact) mass is 533 g/mol. The van der Waals surface area contributed by atoms with E-state index in [1.807, 2.05) is 24.3 Å². The van der Waals surface area contributed by atoms with Crippen LogP contribution in [0.1, 0.15) is 43.5 Å². The van der Waals surface area contributed by atoms with Gasteiger partial charge in [0.05, 0.1) is 17.1 Å². The van der Waals surface area contributed by atoms with Crippen LogP contribution in [-0.4, -0.2) is 36.7 Å². The number of esters is 2. The number of nitro groups is 1. The minimum absolute atomic E-state index is 0.0477. The average Bonchev–Trinajstić information content (AvgIpc) is 2.94. The van der Waals surface area contributed by atoms with Crippen LogP contribution in [0.3, 0.4) is 0 Å². The van der Waals surface area contributed by atoms with Crippen LogP contribution in [0.5, 0.6) is 17.2 Å². The molecule has 0 aliphatic heterocycles. The van der Waals surface area contributed by atoms with Gasteiger partial charge in [-0.1, -0.05) is 44.5 Å². The second kappa shape index (κ2) is 14.3. The van der Waals surface area contributed by atoms with E-state index in [1.165, 1.54) is 24.3 Å². The van der Waals surface area contributed by atoms with E-state index in [-0.39, 0.29) is 30.2 Å². The molecule has 9 heteroatoms. The molecule has 0 atom stereocenters. The first-order valence-corrected chi connectivity index (χ1v) is 12.6. The number of benzene rings is 3. The zero-order valence-electron chi connectivity index (χ0n) is 22.0. The van der Waals surface area contributed by atoms with Crippen molar-refractivity contribution in [1.82, 2.24) is 0 Å². The van der Waals surface area contributed by atoms with Gasteiger partial charge in [0, 0.05) is 11.6 Å². The SMILES string of the molecule is C=C(C)C(=O)OCCOc1ccc(C(=O)Oc2ccc(-c3ccc(OCCCCC)cc3)cc2[N+](=O)[O-])cc1. The Bertz CT molecular complexity index is 1300. The third-order valence-electron chi connectivity index (χ3n) is 5.59. The highest BCUT2D eigenvalue weighted by atomic mass is 16.6. The van der Waals surface area contributed by atoms with E-state index < -0.39 is 16.9 Å². The van der Waals surface area contributed by atoms with Gasteiger partial charge in [0.25, 0.3) is 0 Å². The maximum atomic E-state index is 12.7. The van der Waals surface area contributed by atoms with Crippen molar-refractivity contribution < 1.29 is 33.5 Å². The Morgan fingerprint density at radius 2 is 1.46 bits per heavy atom. The van der Waals surface area contributed by atoms with Gasteiger partial charge in [0.15, 0.2) is 0 Å². The highest BCUT2D eigenvalue weighted by Crippen LogP contribution is 2.33. The highest BCUT2D eigenvalue weighted by Gasteiger charge is 2.20. The molecule has 0 saturated carbocycles. The molecule has 0 spiro atoms. The zero-order chi connectivity index (χ0) is 28.2. The van der Waals surface area contributed by atoms with Crippen molar-refractivity contribution in [3.63, 3.8) is 0 Å². The number of nitro benzene ring substituents is 1. The lowest BCUT2D eigenvalue weighted by molar-refractivity contribution is -0.385. The largest absolute Gasteiger partial charge is 0.494 e. The fourth-order valence-corrected chi connectivity index (χ4v) is 3.47. The Kier molecular flexibility index (Phi) is 10.6. The van der Waals surface area contributed by atoms with Crippen LogP contribution in [0.4, 0.5) is 5.69 Å². The van der Waals surface area contributed by atoms with Crippen molar-refractivity contribution in [2.24, 2.45) is 0 Å². The highest BCUT2D eigenvalue weighted by molar-refractivity contribution is 5.92. The quantitative estimate of drug-likeness (QED) is 0.0572. The summed E-state index contributed by atoms with van der Waals surface area (Å²) in [6, 6.07) is 17.8. The van der Waals surface area contributed by atoms with E-state index in [1.54, 1.807) is 25.1 Å². The first-order valence-electron chi connectivity index (χ1n) is 12.6. The molecule has 3 rings (SSSR count). The topological polar surface area (TPSA) is 114 Å². The molecule has 0 aromatic heterocycles. The minimum atomic E-state index is -0.752. The Morgan fingerprint density at radius 1 is 0.846 bits per heavy atom. The van der Waals surface area contributed by atoms with Gasteiger partial charge in [-0.3, -0.25) is 10.1 Å². The number of nitrogens with zero attached hydrogens (tertiary/aromatic N) is 1. The summed E-state index contributed by atoms with van der Waals surface area (Å²) in [5.41, 5.74) is 1.52. The second-order valence-corrected chi connectivity index (χ2v) is 8.70. The number of carbonyl (C=O) groups is 2. The number of hydrogen-bond donors (Lipinski definition) is 0. The van der Waals surface area contributed by atoms with E-state index in [4.69, 9.17) is 18.9 Å². The predicted molar refractivity (Wildman–Crippen MR) is 146 cm³/mol. The molecule has 204 valence electrons. The molecule has 0 saturated heterocycles. The molecule has 0 heterocycles. The van der Waals surface area contributed by atoms with Gasteiger partial charge in [-0.25, -0.2) is 9.59 Å².